The molecule has 3 rings (SSSR count). The number of aliphatic hydroxyl groups excluding tert-OH is 1. The molecule has 2 saturated heterocycles. The van der Waals surface area contributed by atoms with Gasteiger partial charge in [0.2, 0.25) is 0 Å². The van der Waals surface area contributed by atoms with Crippen molar-refractivity contribution in [2.75, 3.05) is 45.9 Å². The Morgan fingerprint density at radius 2 is 1.89 bits per heavy atom. The lowest BCUT2D eigenvalue weighted by atomic mass is 9.96. The number of aliphatic hydroxyl groups is 1. The average molecular weight is 376 g/mol. The normalized spacial score (nSPS) is 29.1. The van der Waals surface area contributed by atoms with Gasteiger partial charge in [-0.3, -0.25) is 9.69 Å². The number of hydrogen-bond acceptors (Lipinski definition) is 5. The van der Waals surface area contributed by atoms with E-state index in [1.165, 1.54) is 0 Å². The highest BCUT2D eigenvalue weighted by atomic mass is 16.5. The van der Waals surface area contributed by atoms with Crippen molar-refractivity contribution in [2.45, 2.75) is 33.0 Å². The number of nitrogens with zero attached hydrogens (tertiary/aromatic N) is 2. The molecule has 0 saturated carbocycles. The van der Waals surface area contributed by atoms with Crippen LogP contribution in [0.15, 0.2) is 24.3 Å². The monoisotopic (exact) mass is 376 g/mol. The van der Waals surface area contributed by atoms with E-state index in [1.807, 2.05) is 30.0 Å². The zero-order chi connectivity index (χ0) is 19.4. The molecule has 2 aliphatic heterocycles. The predicted molar refractivity (Wildman–Crippen MR) is 104 cm³/mol. The minimum Gasteiger partial charge on any atom is -0.494 e. The Morgan fingerprint density at radius 3 is 2.56 bits per heavy atom. The molecule has 2 fully saturated rings. The fourth-order valence-electron chi connectivity index (χ4n) is 4.35. The number of likely N-dealkylation sites (tertiary alicyclic amines) is 1. The molecule has 2 heterocycles. The molecular weight excluding hydrogens is 344 g/mol. The van der Waals surface area contributed by atoms with Gasteiger partial charge in [-0.2, -0.15) is 0 Å². The van der Waals surface area contributed by atoms with Crippen molar-refractivity contribution in [3.8, 4) is 5.75 Å². The van der Waals surface area contributed by atoms with Crippen LogP contribution in [0.2, 0.25) is 0 Å². The van der Waals surface area contributed by atoms with Crippen molar-refractivity contribution in [1.29, 1.82) is 0 Å². The maximum atomic E-state index is 13.0. The zero-order valence-electron chi connectivity index (χ0n) is 16.6. The van der Waals surface area contributed by atoms with Crippen molar-refractivity contribution in [1.82, 2.24) is 9.80 Å². The summed E-state index contributed by atoms with van der Waals surface area (Å²) in [4.78, 5) is 17.3. The van der Waals surface area contributed by atoms with Gasteiger partial charge < -0.3 is 19.5 Å². The van der Waals surface area contributed by atoms with Gasteiger partial charge in [0.05, 0.1) is 18.8 Å². The van der Waals surface area contributed by atoms with Gasteiger partial charge in [0.25, 0.3) is 5.91 Å². The molecule has 2 aliphatic rings. The van der Waals surface area contributed by atoms with E-state index in [9.17, 15) is 9.90 Å². The molecule has 6 nitrogen and oxygen atoms in total. The molecule has 1 aromatic carbocycles. The first-order valence-corrected chi connectivity index (χ1v) is 10.0. The lowest BCUT2D eigenvalue weighted by Gasteiger charge is -2.37. The number of benzene rings is 1. The molecule has 27 heavy (non-hydrogen) atoms. The van der Waals surface area contributed by atoms with Gasteiger partial charge >= 0.3 is 0 Å². The van der Waals surface area contributed by atoms with Crippen LogP contribution in [0.4, 0.5) is 0 Å². The second kappa shape index (κ2) is 9.04. The fourth-order valence-corrected chi connectivity index (χ4v) is 4.35. The van der Waals surface area contributed by atoms with Crippen molar-refractivity contribution in [3.05, 3.63) is 29.8 Å². The first-order chi connectivity index (χ1) is 13.0. The molecule has 1 aromatic rings. The second-order valence-electron chi connectivity index (χ2n) is 7.85. The maximum Gasteiger partial charge on any atom is 0.254 e. The number of hydrogen-bond donors (Lipinski definition) is 1. The minimum absolute atomic E-state index is 0.0150. The molecule has 6 heteroatoms. The van der Waals surface area contributed by atoms with E-state index in [0.29, 0.717) is 31.0 Å². The van der Waals surface area contributed by atoms with Crippen molar-refractivity contribution in [2.24, 2.45) is 11.8 Å². The third-order valence-electron chi connectivity index (χ3n) is 5.48. The molecule has 0 unspecified atom stereocenters. The summed E-state index contributed by atoms with van der Waals surface area (Å²) in [6, 6.07) is 7.35. The fraction of sp³-hybridized carbons (Fsp3) is 0.667. The Morgan fingerprint density at radius 1 is 1.19 bits per heavy atom. The lowest BCUT2D eigenvalue weighted by molar-refractivity contribution is -0.0726. The second-order valence-corrected chi connectivity index (χ2v) is 7.85. The summed E-state index contributed by atoms with van der Waals surface area (Å²) in [5.41, 5.74) is 0.645. The van der Waals surface area contributed by atoms with Crippen LogP contribution < -0.4 is 4.74 Å². The number of morpholine rings is 1. The largest absolute Gasteiger partial charge is 0.494 e. The van der Waals surface area contributed by atoms with Crippen molar-refractivity contribution in [3.63, 3.8) is 0 Å². The number of ether oxygens (including phenoxy) is 2. The number of carbonyl (C=O) groups is 1. The van der Waals surface area contributed by atoms with E-state index in [4.69, 9.17) is 9.47 Å². The van der Waals surface area contributed by atoms with Gasteiger partial charge in [-0.15, -0.1) is 0 Å². The van der Waals surface area contributed by atoms with Gasteiger partial charge in [0.15, 0.2) is 0 Å². The average Bonchev–Trinajstić information content (AvgIpc) is 3.03. The summed E-state index contributed by atoms with van der Waals surface area (Å²) in [5.74, 6) is 1.14. The first-order valence-electron chi connectivity index (χ1n) is 10.0. The third-order valence-corrected chi connectivity index (χ3v) is 5.48. The number of carbonyl (C=O) groups excluding carboxylic acids is 1. The maximum absolute atomic E-state index is 13.0. The summed E-state index contributed by atoms with van der Waals surface area (Å²) in [7, 11) is 0. The molecule has 1 amide bonds. The Kier molecular flexibility index (Phi) is 6.73. The van der Waals surface area contributed by atoms with Gasteiger partial charge in [-0.1, -0.05) is 6.07 Å². The van der Waals surface area contributed by atoms with E-state index in [-0.39, 0.29) is 36.6 Å². The summed E-state index contributed by atoms with van der Waals surface area (Å²) < 4.78 is 11.3. The van der Waals surface area contributed by atoms with E-state index in [0.717, 1.165) is 19.6 Å². The van der Waals surface area contributed by atoms with Crippen LogP contribution in [0, 0.1) is 11.8 Å². The molecule has 0 spiro atoms. The Labute approximate surface area is 162 Å². The highest BCUT2D eigenvalue weighted by Gasteiger charge is 2.37. The molecule has 0 aliphatic carbocycles. The van der Waals surface area contributed by atoms with E-state index in [2.05, 4.69) is 18.7 Å². The van der Waals surface area contributed by atoms with Crippen molar-refractivity contribution >= 4 is 5.91 Å². The van der Waals surface area contributed by atoms with Crippen molar-refractivity contribution < 1.29 is 19.4 Å². The quantitative estimate of drug-likeness (QED) is 0.821. The molecule has 1 N–H and O–H groups in total. The van der Waals surface area contributed by atoms with Crippen LogP contribution >= 0.6 is 0 Å². The van der Waals surface area contributed by atoms with E-state index >= 15 is 0 Å². The molecule has 0 bridgehead atoms. The summed E-state index contributed by atoms with van der Waals surface area (Å²) >= 11 is 0. The topological polar surface area (TPSA) is 62.2 Å². The zero-order valence-corrected chi connectivity index (χ0v) is 16.6. The molecular formula is C21H32N2O4. The first kappa shape index (κ1) is 20.1. The Bertz CT molecular complexity index is 628. The standard InChI is InChI=1S/C21H32N2O4/c1-4-26-20-7-5-6-17(8-20)21(25)23-12-18(19(13-23)14-24)11-22-9-15(2)27-16(3)10-22/h5-8,15-16,18-19,24H,4,9-14H2,1-3H3/t15-,16+,18-,19-/m1/s1. The van der Waals surface area contributed by atoms with Gasteiger partial charge in [0.1, 0.15) is 5.75 Å². The summed E-state index contributed by atoms with van der Waals surface area (Å²) in [6.07, 6.45) is 0.448. The summed E-state index contributed by atoms with van der Waals surface area (Å²) in [6.45, 7) is 10.8. The SMILES string of the molecule is CCOc1cccc(C(=O)N2C[C@@H](CN3C[C@@H](C)O[C@@H](C)C3)[C@@H](CO)C2)c1. The van der Waals surface area contributed by atoms with E-state index in [1.54, 1.807) is 6.07 Å². The summed E-state index contributed by atoms with van der Waals surface area (Å²) in [5, 5.41) is 9.85. The van der Waals surface area contributed by atoms with Gasteiger partial charge in [-0.05, 0) is 44.9 Å². The van der Waals surface area contributed by atoms with E-state index < -0.39 is 0 Å². The van der Waals surface area contributed by atoms with Crippen LogP contribution in [0.1, 0.15) is 31.1 Å². The van der Waals surface area contributed by atoms with Gasteiger partial charge in [0, 0.05) is 50.8 Å². The molecule has 4 atom stereocenters. The number of rotatable bonds is 6. The smallest absolute Gasteiger partial charge is 0.254 e. The van der Waals surface area contributed by atoms with Crippen LogP contribution in [0.25, 0.3) is 0 Å². The van der Waals surface area contributed by atoms with Crippen LogP contribution in [0.3, 0.4) is 0 Å². The minimum atomic E-state index is 0.0150. The molecule has 150 valence electrons. The van der Waals surface area contributed by atoms with Crippen LogP contribution in [0.5, 0.6) is 5.75 Å². The third kappa shape index (κ3) is 5.00. The highest BCUT2D eigenvalue weighted by molar-refractivity contribution is 5.94. The highest BCUT2D eigenvalue weighted by Crippen LogP contribution is 2.27. The molecule has 0 radical (unpaired) electrons. The predicted octanol–water partition coefficient (Wildman–Crippen LogP) is 1.88. The number of amides is 1. The molecule has 0 aromatic heterocycles. The van der Waals surface area contributed by atoms with Crippen LogP contribution in [-0.2, 0) is 4.74 Å². The Balaban J connectivity index is 1.64. The lowest BCUT2D eigenvalue weighted by Crippen LogP contribution is -2.48. The van der Waals surface area contributed by atoms with Crippen LogP contribution in [-0.4, -0.2) is 79.0 Å². The van der Waals surface area contributed by atoms with Gasteiger partial charge in [-0.25, -0.2) is 0 Å². The Hall–Kier alpha value is -1.63.